The van der Waals surface area contributed by atoms with Crippen LogP contribution in [-0.2, 0) is 25.6 Å². The number of carboxylic acid groups (broad SMARTS) is 1. The molecule has 4 rings (SSSR count). The predicted octanol–water partition coefficient (Wildman–Crippen LogP) is 2.04. The van der Waals surface area contributed by atoms with Crippen LogP contribution in [0.2, 0.25) is 0 Å². The summed E-state index contributed by atoms with van der Waals surface area (Å²) in [5.74, 6) is 0. The van der Waals surface area contributed by atoms with E-state index in [0.717, 1.165) is 11.1 Å². The van der Waals surface area contributed by atoms with Crippen molar-refractivity contribution in [3.8, 4) is 0 Å². The second-order valence-corrected chi connectivity index (χ2v) is 6.98. The SMILES string of the molecule is O=C(O)N[C@H]1[C@@H](OCc2ccccc2)O[C@@H]2COC(c3ccccc3)O[C@H]2[C@@H]1O. The Bertz CT molecular complexity index is 803. The zero-order valence-corrected chi connectivity index (χ0v) is 15.6. The topological polar surface area (TPSA) is 106 Å². The molecule has 0 radical (unpaired) electrons. The van der Waals surface area contributed by atoms with Crippen LogP contribution in [0.1, 0.15) is 17.4 Å². The summed E-state index contributed by atoms with van der Waals surface area (Å²) < 4.78 is 23.4. The van der Waals surface area contributed by atoms with E-state index in [0.29, 0.717) is 0 Å². The molecule has 8 heteroatoms. The van der Waals surface area contributed by atoms with E-state index >= 15 is 0 Å². The van der Waals surface area contributed by atoms with Gasteiger partial charge in [-0.15, -0.1) is 0 Å². The van der Waals surface area contributed by atoms with Crippen LogP contribution < -0.4 is 5.32 Å². The number of rotatable bonds is 5. The molecule has 0 saturated carbocycles. The number of fused-ring (bicyclic) bond motifs is 1. The molecule has 1 unspecified atom stereocenters. The molecule has 0 aliphatic carbocycles. The molecule has 0 spiro atoms. The van der Waals surface area contributed by atoms with Crippen molar-refractivity contribution in [1.82, 2.24) is 5.32 Å². The van der Waals surface area contributed by atoms with Gasteiger partial charge in [0.05, 0.1) is 13.2 Å². The highest BCUT2D eigenvalue weighted by Crippen LogP contribution is 2.34. The predicted molar refractivity (Wildman–Crippen MR) is 101 cm³/mol. The summed E-state index contributed by atoms with van der Waals surface area (Å²) in [7, 11) is 0. The molecule has 6 atom stereocenters. The number of ether oxygens (including phenoxy) is 4. The summed E-state index contributed by atoms with van der Waals surface area (Å²) in [5.41, 5.74) is 1.71. The van der Waals surface area contributed by atoms with Crippen LogP contribution in [-0.4, -0.2) is 53.6 Å². The highest BCUT2D eigenvalue weighted by molar-refractivity contribution is 5.65. The molecule has 8 nitrogen and oxygen atoms in total. The fourth-order valence-corrected chi connectivity index (χ4v) is 3.56. The summed E-state index contributed by atoms with van der Waals surface area (Å²) in [4.78, 5) is 11.3. The minimum absolute atomic E-state index is 0.187. The molecule has 1 amide bonds. The summed E-state index contributed by atoms with van der Waals surface area (Å²) in [5, 5.41) is 22.4. The molecule has 2 heterocycles. The fourth-order valence-electron chi connectivity index (χ4n) is 3.56. The lowest BCUT2D eigenvalue weighted by Crippen LogP contribution is -2.66. The molecular weight excluding hydrogens is 378 g/mol. The van der Waals surface area contributed by atoms with Crippen LogP contribution in [0.25, 0.3) is 0 Å². The van der Waals surface area contributed by atoms with Crippen molar-refractivity contribution in [3.05, 3.63) is 71.8 Å². The summed E-state index contributed by atoms with van der Waals surface area (Å²) in [6.07, 6.45) is -5.44. The van der Waals surface area contributed by atoms with Gasteiger partial charge in [0, 0.05) is 5.56 Å². The van der Waals surface area contributed by atoms with Gasteiger partial charge in [-0.1, -0.05) is 60.7 Å². The fraction of sp³-hybridized carbons (Fsp3) is 0.381. The molecule has 2 saturated heterocycles. The van der Waals surface area contributed by atoms with Crippen LogP contribution in [0.3, 0.4) is 0 Å². The first-order valence-corrected chi connectivity index (χ1v) is 9.42. The van der Waals surface area contributed by atoms with Gasteiger partial charge in [0.25, 0.3) is 0 Å². The standard InChI is InChI=1S/C21H23NO7/c23-17-16(22-21(24)25)20(26-11-13-7-3-1-4-8-13)28-15-12-27-19(29-18(15)17)14-9-5-2-6-10-14/h1-10,15-20,22-23H,11-12H2,(H,24,25)/t15-,16-,17-,18-,19?,20+/m1/s1. The van der Waals surface area contributed by atoms with Crippen LogP contribution in [0.4, 0.5) is 4.79 Å². The van der Waals surface area contributed by atoms with Gasteiger partial charge in [0.1, 0.15) is 24.4 Å². The second kappa shape index (κ2) is 8.89. The highest BCUT2D eigenvalue weighted by Gasteiger charge is 2.50. The van der Waals surface area contributed by atoms with Gasteiger partial charge in [-0.3, -0.25) is 0 Å². The van der Waals surface area contributed by atoms with Crippen LogP contribution in [0, 0.1) is 0 Å². The maximum atomic E-state index is 11.3. The number of hydrogen-bond acceptors (Lipinski definition) is 6. The smallest absolute Gasteiger partial charge is 0.405 e. The Kier molecular flexibility index (Phi) is 6.08. The van der Waals surface area contributed by atoms with Crippen LogP contribution in [0.5, 0.6) is 0 Å². The normalized spacial score (nSPS) is 31.6. The van der Waals surface area contributed by atoms with Crippen molar-refractivity contribution >= 4 is 6.09 Å². The molecule has 0 aromatic heterocycles. The van der Waals surface area contributed by atoms with Crippen LogP contribution in [0.15, 0.2) is 60.7 Å². The third-order valence-corrected chi connectivity index (χ3v) is 4.98. The molecule has 2 aliphatic heterocycles. The number of aliphatic hydroxyl groups excluding tert-OH is 1. The number of aliphatic hydroxyl groups is 1. The summed E-state index contributed by atoms with van der Waals surface area (Å²) >= 11 is 0. The molecule has 29 heavy (non-hydrogen) atoms. The Balaban J connectivity index is 1.48. The average Bonchev–Trinajstić information content (AvgIpc) is 2.75. The first kappa shape index (κ1) is 19.8. The summed E-state index contributed by atoms with van der Waals surface area (Å²) in [6, 6.07) is 17.8. The maximum absolute atomic E-state index is 11.3. The van der Waals surface area contributed by atoms with Gasteiger partial charge in [-0.2, -0.15) is 0 Å². The Morgan fingerprint density at radius 3 is 2.45 bits per heavy atom. The van der Waals surface area contributed by atoms with Gasteiger partial charge in [0.2, 0.25) is 0 Å². The van der Waals surface area contributed by atoms with E-state index < -0.39 is 43.0 Å². The highest BCUT2D eigenvalue weighted by atomic mass is 16.7. The zero-order chi connectivity index (χ0) is 20.2. The van der Waals surface area contributed by atoms with Gasteiger partial charge >= 0.3 is 6.09 Å². The largest absolute Gasteiger partial charge is 0.465 e. The first-order valence-electron chi connectivity index (χ1n) is 9.42. The molecule has 2 aromatic carbocycles. The minimum atomic E-state index is -1.28. The monoisotopic (exact) mass is 401 g/mol. The molecule has 0 bridgehead atoms. The van der Waals surface area contributed by atoms with E-state index in [1.807, 2.05) is 60.7 Å². The lowest BCUT2D eigenvalue weighted by Gasteiger charge is -2.47. The van der Waals surface area contributed by atoms with E-state index in [-0.39, 0.29) is 13.2 Å². The molecule has 2 aliphatic rings. The van der Waals surface area contributed by atoms with Crippen molar-refractivity contribution in [3.63, 3.8) is 0 Å². The Labute approximate surface area is 168 Å². The van der Waals surface area contributed by atoms with Gasteiger partial charge in [-0.05, 0) is 5.56 Å². The van der Waals surface area contributed by atoms with Gasteiger partial charge in [0.15, 0.2) is 12.6 Å². The van der Waals surface area contributed by atoms with E-state index in [9.17, 15) is 15.0 Å². The quantitative estimate of drug-likeness (QED) is 0.704. The van der Waals surface area contributed by atoms with E-state index in [1.165, 1.54) is 0 Å². The lowest BCUT2D eigenvalue weighted by atomic mass is 9.96. The second-order valence-electron chi connectivity index (χ2n) is 6.98. The number of benzene rings is 2. The lowest BCUT2D eigenvalue weighted by molar-refractivity contribution is -0.345. The van der Waals surface area contributed by atoms with E-state index in [1.54, 1.807) is 0 Å². The van der Waals surface area contributed by atoms with E-state index in [4.69, 9.17) is 18.9 Å². The number of hydrogen-bond donors (Lipinski definition) is 3. The van der Waals surface area contributed by atoms with Crippen molar-refractivity contribution < 1.29 is 34.0 Å². The Morgan fingerprint density at radius 2 is 1.76 bits per heavy atom. The number of nitrogens with one attached hydrogen (secondary N) is 1. The minimum Gasteiger partial charge on any atom is -0.465 e. The average molecular weight is 401 g/mol. The maximum Gasteiger partial charge on any atom is 0.405 e. The Hall–Kier alpha value is -2.49. The van der Waals surface area contributed by atoms with Crippen LogP contribution >= 0.6 is 0 Å². The summed E-state index contributed by atoms with van der Waals surface area (Å²) in [6.45, 7) is 0.397. The van der Waals surface area contributed by atoms with Gasteiger partial charge < -0.3 is 34.5 Å². The third-order valence-electron chi connectivity index (χ3n) is 4.98. The number of carbonyl (C=O) groups is 1. The third kappa shape index (κ3) is 4.58. The zero-order valence-electron chi connectivity index (χ0n) is 15.6. The molecular formula is C21H23NO7. The van der Waals surface area contributed by atoms with Gasteiger partial charge in [-0.25, -0.2) is 4.79 Å². The first-order chi connectivity index (χ1) is 14.1. The van der Waals surface area contributed by atoms with E-state index in [2.05, 4.69) is 5.32 Å². The van der Waals surface area contributed by atoms with Crippen molar-refractivity contribution in [1.29, 1.82) is 0 Å². The van der Waals surface area contributed by atoms with Crippen molar-refractivity contribution in [2.45, 2.75) is 43.5 Å². The molecule has 3 N–H and O–H groups in total. The Morgan fingerprint density at radius 1 is 1.07 bits per heavy atom. The molecule has 2 fully saturated rings. The molecule has 2 aromatic rings. The molecule has 154 valence electrons. The van der Waals surface area contributed by atoms with Crippen molar-refractivity contribution in [2.24, 2.45) is 0 Å². The number of amides is 1. The van der Waals surface area contributed by atoms with Crippen molar-refractivity contribution in [2.75, 3.05) is 6.61 Å².